The highest BCUT2D eigenvalue weighted by molar-refractivity contribution is 7.93. The van der Waals surface area contributed by atoms with Crippen molar-refractivity contribution in [2.75, 3.05) is 6.26 Å². The standard InChI is InChI=1S/C23H20N2O2S/c1-17-7-11-22(12-8-17)28(3,27)25-23(26)21-14-20(15-24-16-21)10-9-19-6-4-5-18(2)13-19/h4-8,11-16H,1-3H3. The zero-order chi connectivity index (χ0) is 20.1. The quantitative estimate of drug-likeness (QED) is 0.612. The van der Waals surface area contributed by atoms with Gasteiger partial charge in [-0.2, -0.15) is 4.36 Å². The maximum atomic E-state index is 12.9. The molecule has 0 N–H and O–H groups in total. The molecule has 0 aliphatic carbocycles. The van der Waals surface area contributed by atoms with Gasteiger partial charge in [0.1, 0.15) is 0 Å². The molecule has 0 bridgehead atoms. The summed E-state index contributed by atoms with van der Waals surface area (Å²) in [7, 11) is -2.84. The summed E-state index contributed by atoms with van der Waals surface area (Å²) in [6.07, 6.45) is 4.46. The van der Waals surface area contributed by atoms with Gasteiger partial charge in [0.15, 0.2) is 0 Å². The van der Waals surface area contributed by atoms with Gasteiger partial charge in [0, 0.05) is 34.7 Å². The van der Waals surface area contributed by atoms with Gasteiger partial charge in [-0.15, -0.1) is 0 Å². The summed E-state index contributed by atoms with van der Waals surface area (Å²) >= 11 is 0. The Hall–Kier alpha value is -3.23. The van der Waals surface area contributed by atoms with Crippen LogP contribution in [0.4, 0.5) is 0 Å². The van der Waals surface area contributed by atoms with Crippen molar-refractivity contribution in [2.45, 2.75) is 18.7 Å². The second-order valence-corrected chi connectivity index (χ2v) is 8.85. The second-order valence-electron chi connectivity index (χ2n) is 6.59. The molecule has 0 saturated heterocycles. The van der Waals surface area contributed by atoms with Crippen molar-refractivity contribution in [2.24, 2.45) is 4.36 Å². The number of amides is 1. The summed E-state index contributed by atoms with van der Waals surface area (Å²) in [4.78, 5) is 17.1. The fraction of sp³-hybridized carbons (Fsp3) is 0.130. The van der Waals surface area contributed by atoms with Crippen molar-refractivity contribution in [1.29, 1.82) is 0 Å². The number of carbonyl (C=O) groups excluding carboxylic acids is 1. The number of aromatic nitrogens is 1. The first-order valence-corrected chi connectivity index (χ1v) is 10.6. The number of hydrogen-bond donors (Lipinski definition) is 0. The first kappa shape index (κ1) is 19.5. The summed E-state index contributed by atoms with van der Waals surface area (Å²) in [6, 6.07) is 16.6. The number of nitrogens with zero attached hydrogens (tertiary/aromatic N) is 2. The number of rotatable bonds is 2. The van der Waals surface area contributed by atoms with Gasteiger partial charge in [0.05, 0.1) is 15.3 Å². The summed E-state index contributed by atoms with van der Waals surface area (Å²) in [5.74, 6) is 5.50. The van der Waals surface area contributed by atoms with E-state index in [0.29, 0.717) is 10.5 Å². The number of pyridine rings is 1. The van der Waals surface area contributed by atoms with Crippen molar-refractivity contribution < 1.29 is 9.00 Å². The van der Waals surface area contributed by atoms with Crippen LogP contribution in [0.3, 0.4) is 0 Å². The lowest BCUT2D eigenvalue weighted by atomic mass is 10.1. The van der Waals surface area contributed by atoms with Crippen molar-refractivity contribution in [1.82, 2.24) is 4.98 Å². The first-order valence-electron chi connectivity index (χ1n) is 8.70. The van der Waals surface area contributed by atoms with E-state index in [2.05, 4.69) is 21.2 Å². The van der Waals surface area contributed by atoms with Gasteiger partial charge in [-0.1, -0.05) is 41.7 Å². The van der Waals surface area contributed by atoms with Crippen LogP contribution in [0.2, 0.25) is 0 Å². The maximum Gasteiger partial charge on any atom is 0.286 e. The minimum absolute atomic E-state index is 0.262. The third-order valence-electron chi connectivity index (χ3n) is 4.07. The van der Waals surface area contributed by atoms with Crippen LogP contribution in [0.5, 0.6) is 0 Å². The summed E-state index contributed by atoms with van der Waals surface area (Å²) < 4.78 is 16.8. The molecule has 0 spiro atoms. The summed E-state index contributed by atoms with van der Waals surface area (Å²) in [6.45, 7) is 3.95. The summed E-state index contributed by atoms with van der Waals surface area (Å²) in [5.41, 5.74) is 3.92. The van der Waals surface area contributed by atoms with Crippen LogP contribution in [0.25, 0.3) is 0 Å². The third-order valence-corrected chi connectivity index (χ3v) is 5.73. The van der Waals surface area contributed by atoms with Crippen LogP contribution in [-0.4, -0.2) is 21.4 Å². The molecule has 0 aliphatic rings. The Morgan fingerprint density at radius 2 is 1.64 bits per heavy atom. The van der Waals surface area contributed by atoms with Crippen LogP contribution in [0.15, 0.2) is 76.2 Å². The van der Waals surface area contributed by atoms with Crippen molar-refractivity contribution in [3.8, 4) is 11.8 Å². The van der Waals surface area contributed by atoms with Gasteiger partial charge in [0.2, 0.25) is 0 Å². The molecule has 3 rings (SSSR count). The number of benzene rings is 2. The molecule has 1 amide bonds. The summed E-state index contributed by atoms with van der Waals surface area (Å²) in [5, 5.41) is 0. The fourth-order valence-electron chi connectivity index (χ4n) is 2.55. The molecule has 1 atom stereocenters. The lowest BCUT2D eigenvalue weighted by Crippen LogP contribution is -2.04. The number of hydrogen-bond acceptors (Lipinski definition) is 3. The van der Waals surface area contributed by atoms with E-state index in [1.807, 2.05) is 50.2 Å². The van der Waals surface area contributed by atoms with Crippen LogP contribution in [0.1, 0.15) is 32.6 Å². The molecular formula is C23H20N2O2S. The monoisotopic (exact) mass is 388 g/mol. The van der Waals surface area contributed by atoms with Gasteiger partial charge < -0.3 is 0 Å². The van der Waals surface area contributed by atoms with Crippen LogP contribution in [-0.2, 0) is 9.73 Å². The molecule has 28 heavy (non-hydrogen) atoms. The Morgan fingerprint density at radius 3 is 2.36 bits per heavy atom. The molecule has 4 nitrogen and oxygen atoms in total. The topological polar surface area (TPSA) is 59.4 Å². The Balaban J connectivity index is 1.88. The molecule has 0 radical (unpaired) electrons. The number of aryl methyl sites for hydroxylation is 2. The Labute approximate surface area is 165 Å². The van der Waals surface area contributed by atoms with Crippen LogP contribution < -0.4 is 0 Å². The Kier molecular flexibility index (Phi) is 5.72. The number of carbonyl (C=O) groups is 1. The van der Waals surface area contributed by atoms with E-state index in [0.717, 1.165) is 16.7 Å². The van der Waals surface area contributed by atoms with E-state index in [1.165, 1.54) is 12.5 Å². The Bertz CT molecular complexity index is 1210. The zero-order valence-electron chi connectivity index (χ0n) is 16.0. The molecule has 0 saturated carbocycles. The highest BCUT2D eigenvalue weighted by atomic mass is 32.2. The molecule has 2 aromatic carbocycles. The van der Waals surface area contributed by atoms with Gasteiger partial charge in [-0.25, -0.2) is 4.21 Å². The molecule has 1 heterocycles. The van der Waals surface area contributed by atoms with Gasteiger partial charge in [-0.3, -0.25) is 9.78 Å². The lowest BCUT2D eigenvalue weighted by molar-refractivity contribution is 0.100. The minimum Gasteiger partial charge on any atom is -0.266 e. The SMILES string of the molecule is Cc1ccc(S(C)(=O)=NC(=O)c2cncc(C#Cc3cccc(C)c3)c2)cc1. The minimum atomic E-state index is -2.84. The average Bonchev–Trinajstić information content (AvgIpc) is 2.67. The van der Waals surface area contributed by atoms with Gasteiger partial charge in [0.25, 0.3) is 5.91 Å². The highest BCUT2D eigenvalue weighted by Crippen LogP contribution is 2.14. The normalized spacial score (nSPS) is 12.4. The highest BCUT2D eigenvalue weighted by Gasteiger charge is 2.12. The van der Waals surface area contributed by atoms with Crippen molar-refractivity contribution in [3.63, 3.8) is 0 Å². The molecule has 140 valence electrons. The third kappa shape index (κ3) is 4.93. The molecule has 5 heteroatoms. The molecule has 1 unspecified atom stereocenters. The fourth-order valence-corrected chi connectivity index (χ4v) is 3.72. The van der Waals surface area contributed by atoms with E-state index >= 15 is 0 Å². The molecular weight excluding hydrogens is 368 g/mol. The first-order chi connectivity index (χ1) is 13.3. The van der Waals surface area contributed by atoms with Crippen molar-refractivity contribution in [3.05, 3.63) is 94.8 Å². The van der Waals surface area contributed by atoms with Crippen LogP contribution in [0, 0.1) is 25.7 Å². The van der Waals surface area contributed by atoms with Crippen molar-refractivity contribution >= 4 is 15.6 Å². The van der Waals surface area contributed by atoms with E-state index in [9.17, 15) is 9.00 Å². The lowest BCUT2D eigenvalue weighted by Gasteiger charge is -2.04. The van der Waals surface area contributed by atoms with Crippen LogP contribution >= 0.6 is 0 Å². The smallest absolute Gasteiger partial charge is 0.266 e. The second kappa shape index (κ2) is 8.20. The molecule has 0 fully saturated rings. The predicted molar refractivity (Wildman–Crippen MR) is 112 cm³/mol. The predicted octanol–water partition coefficient (Wildman–Crippen LogP) is 4.40. The van der Waals surface area contributed by atoms with E-state index in [1.54, 1.807) is 24.4 Å². The Morgan fingerprint density at radius 1 is 0.929 bits per heavy atom. The molecule has 3 aromatic rings. The largest absolute Gasteiger partial charge is 0.286 e. The van der Waals surface area contributed by atoms with E-state index in [4.69, 9.17) is 0 Å². The average molecular weight is 388 g/mol. The molecule has 0 aliphatic heterocycles. The van der Waals surface area contributed by atoms with E-state index < -0.39 is 15.6 Å². The van der Waals surface area contributed by atoms with Gasteiger partial charge in [-0.05, 0) is 49.7 Å². The van der Waals surface area contributed by atoms with E-state index in [-0.39, 0.29) is 5.56 Å². The molecule has 1 aromatic heterocycles. The zero-order valence-corrected chi connectivity index (χ0v) is 16.8. The van der Waals surface area contributed by atoms with Gasteiger partial charge >= 0.3 is 0 Å². The maximum absolute atomic E-state index is 12.9.